The number of rotatable bonds is 5. The maximum absolute atomic E-state index is 5.15. The van der Waals surface area contributed by atoms with Gasteiger partial charge >= 0.3 is 0 Å². The molecule has 0 saturated carbocycles. The standard InChI is InChI=1S/C14H19N3O/c1-10-9-13(6-8-15-10)16-7-4-5-14-11(2)17-18-12(14)3/h6,8-9H,4-5,7H2,1-3H3,(H,15,16). The van der Waals surface area contributed by atoms with Crippen molar-refractivity contribution in [3.05, 3.63) is 41.0 Å². The van der Waals surface area contributed by atoms with E-state index in [9.17, 15) is 0 Å². The molecule has 2 rings (SSSR count). The number of hydrogen-bond acceptors (Lipinski definition) is 4. The van der Waals surface area contributed by atoms with Gasteiger partial charge in [-0.1, -0.05) is 5.16 Å². The Labute approximate surface area is 107 Å². The molecule has 0 radical (unpaired) electrons. The number of aromatic nitrogens is 2. The molecule has 18 heavy (non-hydrogen) atoms. The normalized spacial score (nSPS) is 10.6. The molecule has 2 aromatic heterocycles. The summed E-state index contributed by atoms with van der Waals surface area (Å²) < 4.78 is 5.15. The lowest BCUT2D eigenvalue weighted by Gasteiger charge is -2.06. The summed E-state index contributed by atoms with van der Waals surface area (Å²) in [6.07, 6.45) is 3.88. The molecule has 0 unspecified atom stereocenters. The first-order chi connectivity index (χ1) is 8.66. The molecule has 0 atom stereocenters. The highest BCUT2D eigenvalue weighted by Gasteiger charge is 2.07. The van der Waals surface area contributed by atoms with Crippen molar-refractivity contribution in [2.45, 2.75) is 33.6 Å². The summed E-state index contributed by atoms with van der Waals surface area (Å²) in [5.41, 5.74) is 4.40. The first-order valence-corrected chi connectivity index (χ1v) is 6.25. The number of nitrogens with zero attached hydrogens (tertiary/aromatic N) is 2. The Hall–Kier alpha value is -1.84. The third kappa shape index (κ3) is 3.09. The van der Waals surface area contributed by atoms with Crippen molar-refractivity contribution in [1.29, 1.82) is 0 Å². The smallest absolute Gasteiger partial charge is 0.137 e. The molecule has 0 aromatic carbocycles. The monoisotopic (exact) mass is 245 g/mol. The highest BCUT2D eigenvalue weighted by Crippen LogP contribution is 2.14. The lowest BCUT2D eigenvalue weighted by Crippen LogP contribution is -2.04. The average molecular weight is 245 g/mol. The molecule has 96 valence electrons. The van der Waals surface area contributed by atoms with Crippen LogP contribution in [0.1, 0.15) is 29.1 Å². The van der Waals surface area contributed by atoms with E-state index in [0.29, 0.717) is 0 Å². The van der Waals surface area contributed by atoms with Crippen molar-refractivity contribution in [3.63, 3.8) is 0 Å². The van der Waals surface area contributed by atoms with Gasteiger partial charge in [-0.3, -0.25) is 4.98 Å². The minimum atomic E-state index is 0.937. The zero-order valence-corrected chi connectivity index (χ0v) is 11.2. The van der Waals surface area contributed by atoms with Gasteiger partial charge in [0.25, 0.3) is 0 Å². The molecule has 0 aliphatic heterocycles. The molecule has 2 aromatic rings. The Kier molecular flexibility index (Phi) is 3.97. The van der Waals surface area contributed by atoms with Gasteiger partial charge in [0.15, 0.2) is 0 Å². The summed E-state index contributed by atoms with van der Waals surface area (Å²) in [5, 5.41) is 7.36. The molecule has 0 fully saturated rings. The topological polar surface area (TPSA) is 51.0 Å². The summed E-state index contributed by atoms with van der Waals surface area (Å²) in [5.74, 6) is 0.937. The Morgan fingerprint density at radius 1 is 1.28 bits per heavy atom. The Bertz CT molecular complexity index is 500. The van der Waals surface area contributed by atoms with Gasteiger partial charge < -0.3 is 9.84 Å². The molecule has 0 amide bonds. The maximum atomic E-state index is 5.15. The van der Waals surface area contributed by atoms with Gasteiger partial charge in [0.2, 0.25) is 0 Å². The van der Waals surface area contributed by atoms with Crippen molar-refractivity contribution < 1.29 is 4.52 Å². The maximum Gasteiger partial charge on any atom is 0.137 e. The number of anilines is 1. The SMILES string of the molecule is Cc1cc(NCCCc2c(C)noc2C)ccn1. The van der Waals surface area contributed by atoms with Crippen LogP contribution < -0.4 is 5.32 Å². The van der Waals surface area contributed by atoms with Gasteiger partial charge in [-0.2, -0.15) is 0 Å². The second-order valence-electron chi connectivity index (χ2n) is 4.52. The molecule has 2 heterocycles. The van der Waals surface area contributed by atoms with Crippen LogP contribution in [0.4, 0.5) is 5.69 Å². The van der Waals surface area contributed by atoms with Crippen LogP contribution in [0.15, 0.2) is 22.9 Å². The van der Waals surface area contributed by atoms with Crippen LogP contribution in [-0.2, 0) is 6.42 Å². The largest absolute Gasteiger partial charge is 0.385 e. The van der Waals surface area contributed by atoms with E-state index in [2.05, 4.69) is 21.5 Å². The molecule has 0 aliphatic carbocycles. The van der Waals surface area contributed by atoms with E-state index in [1.54, 1.807) is 0 Å². The predicted octanol–water partition coefficient (Wildman–Crippen LogP) is 3.04. The molecular weight excluding hydrogens is 226 g/mol. The van der Waals surface area contributed by atoms with Crippen molar-refractivity contribution in [1.82, 2.24) is 10.1 Å². The molecule has 1 N–H and O–H groups in total. The van der Waals surface area contributed by atoms with Crippen molar-refractivity contribution >= 4 is 5.69 Å². The van der Waals surface area contributed by atoms with E-state index in [1.807, 2.05) is 33.0 Å². The molecule has 4 nitrogen and oxygen atoms in total. The van der Waals surface area contributed by atoms with E-state index < -0.39 is 0 Å². The fourth-order valence-electron chi connectivity index (χ4n) is 2.01. The van der Waals surface area contributed by atoms with Gasteiger partial charge in [-0.25, -0.2) is 0 Å². The number of pyridine rings is 1. The average Bonchev–Trinajstić information content (AvgIpc) is 2.66. The first-order valence-electron chi connectivity index (χ1n) is 6.25. The second kappa shape index (κ2) is 5.67. The lowest BCUT2D eigenvalue weighted by atomic mass is 10.1. The van der Waals surface area contributed by atoms with E-state index in [4.69, 9.17) is 4.52 Å². The van der Waals surface area contributed by atoms with E-state index in [-0.39, 0.29) is 0 Å². The van der Waals surface area contributed by atoms with Crippen LogP contribution >= 0.6 is 0 Å². The molecule has 0 saturated heterocycles. The van der Waals surface area contributed by atoms with Gasteiger partial charge in [0, 0.05) is 29.7 Å². The van der Waals surface area contributed by atoms with Crippen LogP contribution in [0.5, 0.6) is 0 Å². The summed E-state index contributed by atoms with van der Waals surface area (Å²) in [6, 6.07) is 4.04. The van der Waals surface area contributed by atoms with Crippen LogP contribution in [-0.4, -0.2) is 16.7 Å². The zero-order chi connectivity index (χ0) is 13.0. The quantitative estimate of drug-likeness (QED) is 0.823. The molecule has 0 aliphatic rings. The Morgan fingerprint density at radius 2 is 2.11 bits per heavy atom. The molecule has 0 spiro atoms. The van der Waals surface area contributed by atoms with Crippen LogP contribution in [0.3, 0.4) is 0 Å². The van der Waals surface area contributed by atoms with Gasteiger partial charge in [0.1, 0.15) is 5.76 Å². The van der Waals surface area contributed by atoms with Crippen LogP contribution in [0, 0.1) is 20.8 Å². The number of nitrogens with one attached hydrogen (secondary N) is 1. The molecular formula is C14H19N3O. The summed E-state index contributed by atoms with van der Waals surface area (Å²) >= 11 is 0. The van der Waals surface area contributed by atoms with E-state index in [1.165, 1.54) is 5.56 Å². The highest BCUT2D eigenvalue weighted by molar-refractivity contribution is 5.42. The summed E-state index contributed by atoms with van der Waals surface area (Å²) in [6.45, 7) is 6.89. The minimum Gasteiger partial charge on any atom is -0.385 e. The minimum absolute atomic E-state index is 0.937. The summed E-state index contributed by atoms with van der Waals surface area (Å²) in [4.78, 5) is 4.17. The van der Waals surface area contributed by atoms with E-state index >= 15 is 0 Å². The second-order valence-corrected chi connectivity index (χ2v) is 4.52. The van der Waals surface area contributed by atoms with Crippen molar-refractivity contribution in [3.8, 4) is 0 Å². The summed E-state index contributed by atoms with van der Waals surface area (Å²) in [7, 11) is 0. The van der Waals surface area contributed by atoms with Crippen LogP contribution in [0.25, 0.3) is 0 Å². The molecule has 4 heteroatoms. The number of aryl methyl sites for hydroxylation is 3. The van der Waals surface area contributed by atoms with E-state index in [0.717, 1.165) is 42.2 Å². The fourth-order valence-corrected chi connectivity index (χ4v) is 2.01. The zero-order valence-electron chi connectivity index (χ0n) is 11.2. The first kappa shape index (κ1) is 12.6. The lowest BCUT2D eigenvalue weighted by molar-refractivity contribution is 0.392. The third-order valence-corrected chi connectivity index (χ3v) is 3.01. The van der Waals surface area contributed by atoms with Crippen molar-refractivity contribution in [2.75, 3.05) is 11.9 Å². The molecule has 0 bridgehead atoms. The third-order valence-electron chi connectivity index (χ3n) is 3.01. The Morgan fingerprint density at radius 3 is 2.78 bits per heavy atom. The number of hydrogen-bond donors (Lipinski definition) is 1. The van der Waals surface area contributed by atoms with Gasteiger partial charge in [-0.05, 0) is 45.7 Å². The van der Waals surface area contributed by atoms with Gasteiger partial charge in [0.05, 0.1) is 5.69 Å². The van der Waals surface area contributed by atoms with Gasteiger partial charge in [-0.15, -0.1) is 0 Å². The highest BCUT2D eigenvalue weighted by atomic mass is 16.5. The fraction of sp³-hybridized carbons (Fsp3) is 0.429. The van der Waals surface area contributed by atoms with Crippen LogP contribution in [0.2, 0.25) is 0 Å². The Balaban J connectivity index is 1.80. The van der Waals surface area contributed by atoms with Crippen molar-refractivity contribution in [2.24, 2.45) is 0 Å². The predicted molar refractivity (Wildman–Crippen MR) is 71.8 cm³/mol.